The first-order valence-corrected chi connectivity index (χ1v) is 7.84. The number of likely N-dealkylation sites (tertiary alicyclic amines) is 1. The lowest BCUT2D eigenvalue weighted by atomic mass is 10.1. The van der Waals surface area contributed by atoms with Crippen LogP contribution in [0.2, 0.25) is 0 Å². The molecule has 23 heavy (non-hydrogen) atoms. The van der Waals surface area contributed by atoms with E-state index >= 15 is 0 Å². The zero-order valence-electron chi connectivity index (χ0n) is 13.0. The molecule has 0 spiro atoms. The Kier molecular flexibility index (Phi) is 4.36. The fourth-order valence-corrected chi connectivity index (χ4v) is 2.54. The average Bonchev–Trinajstić information content (AvgIpc) is 3.03. The van der Waals surface area contributed by atoms with Crippen LogP contribution in [0, 0.1) is 5.92 Å². The maximum Gasteiger partial charge on any atom is 0.312 e. The number of hydrogen-bond acceptors (Lipinski definition) is 5. The van der Waals surface area contributed by atoms with Gasteiger partial charge in [-0.15, -0.1) is 0 Å². The minimum absolute atomic E-state index is 0.108. The Labute approximate surface area is 134 Å². The van der Waals surface area contributed by atoms with Gasteiger partial charge in [-0.2, -0.15) is 0 Å². The molecular weight excluding hydrogens is 300 g/mol. The maximum atomic E-state index is 12.2. The molecule has 1 N–H and O–H groups in total. The third-order valence-corrected chi connectivity index (χ3v) is 4.06. The second-order valence-corrected chi connectivity index (χ2v) is 6.12. The number of hydrogen-bond donors (Lipinski definition) is 1. The molecule has 0 radical (unpaired) electrons. The number of nitrogens with zero attached hydrogens (tertiary/aromatic N) is 1. The van der Waals surface area contributed by atoms with Gasteiger partial charge in [0.05, 0.1) is 18.7 Å². The van der Waals surface area contributed by atoms with Crippen LogP contribution in [0.1, 0.15) is 31.9 Å². The quantitative estimate of drug-likeness (QED) is 0.785. The van der Waals surface area contributed by atoms with Crippen molar-refractivity contribution in [3.05, 3.63) is 24.2 Å². The summed E-state index contributed by atoms with van der Waals surface area (Å²) in [6, 6.07) is 3.76. The SMILES string of the molecule is C[C@@H](OC(=O)[C@@H]1CC(=O)N(Cc2ccco2)C1)C(=O)NC1CC1. The molecule has 1 aliphatic carbocycles. The minimum Gasteiger partial charge on any atom is -0.467 e. The lowest BCUT2D eigenvalue weighted by Crippen LogP contribution is -2.38. The first-order valence-electron chi connectivity index (χ1n) is 7.84. The molecule has 7 heteroatoms. The molecule has 1 saturated heterocycles. The molecule has 2 aliphatic rings. The van der Waals surface area contributed by atoms with Crippen molar-refractivity contribution >= 4 is 17.8 Å². The van der Waals surface area contributed by atoms with Crippen LogP contribution in [-0.4, -0.2) is 41.4 Å². The number of ether oxygens (including phenoxy) is 1. The normalized spacial score (nSPS) is 22.0. The van der Waals surface area contributed by atoms with Crippen molar-refractivity contribution in [3.8, 4) is 0 Å². The highest BCUT2D eigenvalue weighted by atomic mass is 16.5. The standard InChI is InChI=1S/C16H20N2O5/c1-10(15(20)17-12-4-5-12)23-16(21)11-7-14(19)18(8-11)9-13-3-2-6-22-13/h2-3,6,10-12H,4-5,7-9H2,1H3,(H,17,20)/t10-,11-/m1/s1. The minimum atomic E-state index is -0.836. The van der Waals surface area contributed by atoms with Crippen molar-refractivity contribution in [2.75, 3.05) is 6.54 Å². The summed E-state index contributed by atoms with van der Waals surface area (Å²) in [5.41, 5.74) is 0. The van der Waals surface area contributed by atoms with Gasteiger partial charge in [0.25, 0.3) is 5.91 Å². The third kappa shape index (κ3) is 3.91. The van der Waals surface area contributed by atoms with E-state index in [1.165, 1.54) is 0 Å². The van der Waals surface area contributed by atoms with Gasteiger partial charge in [0.15, 0.2) is 6.10 Å². The number of carbonyl (C=O) groups excluding carboxylic acids is 3. The highest BCUT2D eigenvalue weighted by Crippen LogP contribution is 2.22. The highest BCUT2D eigenvalue weighted by molar-refractivity contribution is 5.89. The van der Waals surface area contributed by atoms with Gasteiger partial charge in [-0.25, -0.2) is 0 Å². The van der Waals surface area contributed by atoms with Crippen LogP contribution in [-0.2, 0) is 25.7 Å². The zero-order valence-corrected chi connectivity index (χ0v) is 13.0. The second kappa shape index (κ2) is 6.44. The predicted octanol–water partition coefficient (Wildman–Crippen LogP) is 0.838. The summed E-state index contributed by atoms with van der Waals surface area (Å²) >= 11 is 0. The van der Waals surface area contributed by atoms with Crippen molar-refractivity contribution in [2.45, 2.75) is 44.9 Å². The van der Waals surface area contributed by atoms with Gasteiger partial charge in [0.1, 0.15) is 5.76 Å². The van der Waals surface area contributed by atoms with Gasteiger partial charge < -0.3 is 19.4 Å². The summed E-state index contributed by atoms with van der Waals surface area (Å²) in [6.07, 6.45) is 2.77. The van der Waals surface area contributed by atoms with E-state index in [9.17, 15) is 14.4 Å². The van der Waals surface area contributed by atoms with Crippen molar-refractivity contribution in [1.29, 1.82) is 0 Å². The number of rotatable bonds is 6. The highest BCUT2D eigenvalue weighted by Gasteiger charge is 2.37. The molecule has 124 valence electrons. The van der Waals surface area contributed by atoms with Gasteiger partial charge in [-0.1, -0.05) is 0 Å². The predicted molar refractivity (Wildman–Crippen MR) is 79.0 cm³/mol. The van der Waals surface area contributed by atoms with Gasteiger partial charge in [0, 0.05) is 19.0 Å². The summed E-state index contributed by atoms with van der Waals surface area (Å²) in [7, 11) is 0. The van der Waals surface area contributed by atoms with E-state index in [1.807, 2.05) is 0 Å². The number of carbonyl (C=O) groups is 3. The summed E-state index contributed by atoms with van der Waals surface area (Å²) < 4.78 is 10.4. The van der Waals surface area contributed by atoms with Crippen LogP contribution in [0.3, 0.4) is 0 Å². The Morgan fingerprint density at radius 2 is 2.26 bits per heavy atom. The van der Waals surface area contributed by atoms with E-state index in [0.717, 1.165) is 12.8 Å². The first kappa shape index (κ1) is 15.6. The number of amides is 2. The fourth-order valence-electron chi connectivity index (χ4n) is 2.54. The fraction of sp³-hybridized carbons (Fsp3) is 0.562. The summed E-state index contributed by atoms with van der Waals surface area (Å²) in [5, 5.41) is 2.79. The van der Waals surface area contributed by atoms with E-state index in [4.69, 9.17) is 9.15 Å². The van der Waals surface area contributed by atoms with Crippen LogP contribution in [0.4, 0.5) is 0 Å². The van der Waals surface area contributed by atoms with Gasteiger partial charge in [-0.3, -0.25) is 14.4 Å². The molecular formula is C16H20N2O5. The number of furan rings is 1. The monoisotopic (exact) mass is 320 g/mol. The molecule has 2 fully saturated rings. The van der Waals surface area contributed by atoms with Crippen LogP contribution in [0.5, 0.6) is 0 Å². The Morgan fingerprint density at radius 3 is 2.91 bits per heavy atom. The van der Waals surface area contributed by atoms with E-state index < -0.39 is 18.0 Å². The van der Waals surface area contributed by atoms with E-state index in [2.05, 4.69) is 5.32 Å². The topological polar surface area (TPSA) is 88.9 Å². The third-order valence-electron chi connectivity index (χ3n) is 4.06. The second-order valence-electron chi connectivity index (χ2n) is 6.12. The summed E-state index contributed by atoms with van der Waals surface area (Å²) in [5.74, 6) is -0.757. The van der Waals surface area contributed by atoms with Crippen LogP contribution >= 0.6 is 0 Å². The molecule has 1 saturated carbocycles. The van der Waals surface area contributed by atoms with Crippen molar-refractivity contribution in [3.63, 3.8) is 0 Å². The number of nitrogens with one attached hydrogen (secondary N) is 1. The van der Waals surface area contributed by atoms with Gasteiger partial charge in [0.2, 0.25) is 5.91 Å². The van der Waals surface area contributed by atoms with E-state index in [1.54, 1.807) is 30.2 Å². The molecule has 1 aliphatic heterocycles. The summed E-state index contributed by atoms with van der Waals surface area (Å²) in [4.78, 5) is 37.5. The van der Waals surface area contributed by atoms with Gasteiger partial charge in [-0.05, 0) is 31.9 Å². The Bertz CT molecular complexity index is 594. The zero-order chi connectivity index (χ0) is 16.4. The average molecular weight is 320 g/mol. The lowest BCUT2D eigenvalue weighted by Gasteiger charge is -2.17. The molecule has 2 atom stereocenters. The molecule has 2 amide bonds. The van der Waals surface area contributed by atoms with Crippen molar-refractivity contribution in [1.82, 2.24) is 10.2 Å². The smallest absolute Gasteiger partial charge is 0.312 e. The van der Waals surface area contributed by atoms with Crippen LogP contribution in [0.25, 0.3) is 0 Å². The molecule has 1 aromatic rings. The molecule has 2 heterocycles. The van der Waals surface area contributed by atoms with Crippen molar-refractivity contribution < 1.29 is 23.5 Å². The first-order chi connectivity index (χ1) is 11.0. The Morgan fingerprint density at radius 1 is 1.48 bits per heavy atom. The Balaban J connectivity index is 1.49. The molecule has 7 nitrogen and oxygen atoms in total. The number of esters is 1. The molecule has 0 unspecified atom stereocenters. The van der Waals surface area contributed by atoms with E-state index in [0.29, 0.717) is 12.3 Å². The molecule has 1 aromatic heterocycles. The molecule has 3 rings (SSSR count). The van der Waals surface area contributed by atoms with Gasteiger partial charge >= 0.3 is 5.97 Å². The van der Waals surface area contributed by atoms with Crippen LogP contribution < -0.4 is 5.32 Å². The summed E-state index contributed by atoms with van der Waals surface area (Å²) in [6.45, 7) is 2.18. The van der Waals surface area contributed by atoms with E-state index in [-0.39, 0.29) is 30.8 Å². The Hall–Kier alpha value is -2.31. The van der Waals surface area contributed by atoms with Crippen LogP contribution in [0.15, 0.2) is 22.8 Å². The molecule has 0 aromatic carbocycles. The lowest BCUT2D eigenvalue weighted by molar-refractivity contribution is -0.158. The maximum absolute atomic E-state index is 12.2. The molecule has 0 bridgehead atoms. The largest absolute Gasteiger partial charge is 0.467 e. The van der Waals surface area contributed by atoms with Crippen molar-refractivity contribution in [2.24, 2.45) is 5.92 Å².